The first kappa shape index (κ1) is 14.4. The minimum atomic E-state index is 0.512. The quantitative estimate of drug-likeness (QED) is 0.871. The van der Waals surface area contributed by atoms with Gasteiger partial charge in [-0.15, -0.1) is 0 Å². The van der Waals surface area contributed by atoms with Gasteiger partial charge in [0, 0.05) is 27.2 Å². The number of nitrogens with one attached hydrogen (secondary N) is 1. The van der Waals surface area contributed by atoms with Crippen LogP contribution in [0.15, 0.2) is 46.9 Å². The number of benzene rings is 2. The second kappa shape index (κ2) is 6.94. The van der Waals surface area contributed by atoms with Crippen molar-refractivity contribution in [3.63, 3.8) is 0 Å². The Hall–Kier alpha value is -1.03. The Balaban J connectivity index is 2.16. The van der Waals surface area contributed by atoms with Gasteiger partial charge in [0.15, 0.2) is 0 Å². The van der Waals surface area contributed by atoms with Crippen LogP contribution in [-0.2, 0) is 13.2 Å². The molecule has 0 bridgehead atoms. The molecule has 0 aliphatic rings. The van der Waals surface area contributed by atoms with E-state index in [1.807, 2.05) is 49.5 Å². The Morgan fingerprint density at radius 1 is 1.16 bits per heavy atom. The van der Waals surface area contributed by atoms with Gasteiger partial charge in [-0.3, -0.25) is 0 Å². The van der Waals surface area contributed by atoms with Crippen LogP contribution in [0.1, 0.15) is 11.1 Å². The third kappa shape index (κ3) is 3.72. The number of rotatable bonds is 5. The van der Waals surface area contributed by atoms with E-state index < -0.39 is 0 Å². The molecule has 2 rings (SSSR count). The van der Waals surface area contributed by atoms with Gasteiger partial charge >= 0.3 is 0 Å². The Labute approximate surface area is 126 Å². The smallest absolute Gasteiger partial charge is 0.125 e. The van der Waals surface area contributed by atoms with E-state index in [1.54, 1.807) is 0 Å². The highest BCUT2D eigenvalue weighted by atomic mass is 79.9. The van der Waals surface area contributed by atoms with Gasteiger partial charge in [0.2, 0.25) is 0 Å². The van der Waals surface area contributed by atoms with Gasteiger partial charge in [0.25, 0.3) is 0 Å². The second-order valence-electron chi connectivity index (χ2n) is 4.13. The first-order chi connectivity index (χ1) is 9.22. The van der Waals surface area contributed by atoms with Crippen molar-refractivity contribution >= 4 is 27.5 Å². The molecule has 0 saturated carbocycles. The van der Waals surface area contributed by atoms with E-state index in [4.69, 9.17) is 16.3 Å². The maximum Gasteiger partial charge on any atom is 0.125 e. The van der Waals surface area contributed by atoms with E-state index in [0.717, 1.165) is 26.4 Å². The van der Waals surface area contributed by atoms with Gasteiger partial charge < -0.3 is 10.1 Å². The van der Waals surface area contributed by atoms with Crippen molar-refractivity contribution in [1.82, 2.24) is 5.32 Å². The molecule has 0 aromatic heterocycles. The molecule has 0 atom stereocenters. The summed E-state index contributed by atoms with van der Waals surface area (Å²) in [5, 5.41) is 3.82. The molecule has 0 fully saturated rings. The van der Waals surface area contributed by atoms with Crippen LogP contribution in [-0.4, -0.2) is 7.05 Å². The van der Waals surface area contributed by atoms with Gasteiger partial charge in [-0.05, 0) is 25.2 Å². The molecule has 0 heterocycles. The summed E-state index contributed by atoms with van der Waals surface area (Å²) in [4.78, 5) is 0. The second-order valence-corrected chi connectivity index (χ2v) is 5.39. The first-order valence-electron chi connectivity index (χ1n) is 6.00. The fourth-order valence-corrected chi connectivity index (χ4v) is 2.43. The SMILES string of the molecule is CNCc1c(Cl)cccc1OCc1ccccc1Br. The minimum absolute atomic E-state index is 0.512. The van der Waals surface area contributed by atoms with Crippen molar-refractivity contribution in [2.45, 2.75) is 13.2 Å². The molecule has 1 N–H and O–H groups in total. The molecule has 2 aromatic carbocycles. The summed E-state index contributed by atoms with van der Waals surface area (Å²) in [5.41, 5.74) is 2.09. The summed E-state index contributed by atoms with van der Waals surface area (Å²) in [6, 6.07) is 13.7. The highest BCUT2D eigenvalue weighted by molar-refractivity contribution is 9.10. The maximum absolute atomic E-state index is 6.19. The van der Waals surface area contributed by atoms with Crippen LogP contribution in [0.25, 0.3) is 0 Å². The lowest BCUT2D eigenvalue weighted by Gasteiger charge is -2.13. The highest BCUT2D eigenvalue weighted by Crippen LogP contribution is 2.27. The molecule has 0 radical (unpaired) electrons. The van der Waals surface area contributed by atoms with E-state index in [2.05, 4.69) is 21.2 Å². The third-order valence-corrected chi connectivity index (χ3v) is 3.90. The summed E-state index contributed by atoms with van der Waals surface area (Å²) in [6.07, 6.45) is 0. The van der Waals surface area contributed by atoms with Gasteiger partial charge in [-0.25, -0.2) is 0 Å². The highest BCUT2D eigenvalue weighted by Gasteiger charge is 2.08. The maximum atomic E-state index is 6.19. The molecule has 0 spiro atoms. The molecule has 19 heavy (non-hydrogen) atoms. The zero-order valence-electron chi connectivity index (χ0n) is 10.6. The summed E-state index contributed by atoms with van der Waals surface area (Å²) in [7, 11) is 1.89. The van der Waals surface area contributed by atoms with E-state index >= 15 is 0 Å². The molecule has 2 aromatic rings. The Morgan fingerprint density at radius 2 is 1.95 bits per heavy atom. The zero-order valence-corrected chi connectivity index (χ0v) is 13.0. The summed E-state index contributed by atoms with van der Waals surface area (Å²) < 4.78 is 6.93. The van der Waals surface area contributed by atoms with E-state index in [-0.39, 0.29) is 0 Å². The van der Waals surface area contributed by atoms with Gasteiger partial charge in [-0.1, -0.05) is 51.8 Å². The summed E-state index contributed by atoms with van der Waals surface area (Å²) in [6.45, 7) is 1.20. The number of ether oxygens (including phenoxy) is 1. The van der Waals surface area contributed by atoms with Gasteiger partial charge in [0.1, 0.15) is 12.4 Å². The first-order valence-corrected chi connectivity index (χ1v) is 7.17. The predicted octanol–water partition coefficient (Wildman–Crippen LogP) is 4.40. The largest absolute Gasteiger partial charge is 0.488 e. The van der Waals surface area contributed by atoms with Crippen LogP contribution in [0.4, 0.5) is 0 Å². The summed E-state index contributed by atoms with van der Waals surface area (Å²) in [5.74, 6) is 0.817. The van der Waals surface area contributed by atoms with Crippen molar-refractivity contribution in [1.29, 1.82) is 0 Å². The van der Waals surface area contributed by atoms with Crippen LogP contribution in [0.2, 0.25) is 5.02 Å². The van der Waals surface area contributed by atoms with Crippen molar-refractivity contribution in [3.05, 3.63) is 63.1 Å². The predicted molar refractivity (Wildman–Crippen MR) is 82.7 cm³/mol. The minimum Gasteiger partial charge on any atom is -0.488 e. The molecule has 2 nitrogen and oxygen atoms in total. The fourth-order valence-electron chi connectivity index (χ4n) is 1.79. The standard InChI is InChI=1S/C15H15BrClNO/c1-18-9-12-14(17)7-4-8-15(12)19-10-11-5-2-3-6-13(11)16/h2-8,18H,9-10H2,1H3. The average Bonchev–Trinajstić information content (AvgIpc) is 2.41. The van der Waals surface area contributed by atoms with Crippen molar-refractivity contribution in [3.8, 4) is 5.75 Å². The van der Waals surface area contributed by atoms with Gasteiger partial charge in [0.05, 0.1) is 0 Å². The zero-order chi connectivity index (χ0) is 13.7. The number of hydrogen-bond donors (Lipinski definition) is 1. The monoisotopic (exact) mass is 339 g/mol. The number of hydrogen-bond acceptors (Lipinski definition) is 2. The van der Waals surface area contributed by atoms with Crippen LogP contribution >= 0.6 is 27.5 Å². The van der Waals surface area contributed by atoms with E-state index in [9.17, 15) is 0 Å². The molecule has 0 aliphatic heterocycles. The van der Waals surface area contributed by atoms with Crippen molar-refractivity contribution in [2.24, 2.45) is 0 Å². The molecular formula is C15H15BrClNO. The Kier molecular flexibility index (Phi) is 5.25. The van der Waals surface area contributed by atoms with Crippen LogP contribution in [0.3, 0.4) is 0 Å². The molecule has 0 saturated heterocycles. The fraction of sp³-hybridized carbons (Fsp3) is 0.200. The lowest BCUT2D eigenvalue weighted by Crippen LogP contribution is -2.08. The van der Waals surface area contributed by atoms with Crippen molar-refractivity contribution in [2.75, 3.05) is 7.05 Å². The molecule has 0 aliphatic carbocycles. The molecule has 0 amide bonds. The molecular weight excluding hydrogens is 326 g/mol. The normalized spacial score (nSPS) is 10.5. The number of halogens is 2. The lowest BCUT2D eigenvalue weighted by molar-refractivity contribution is 0.301. The third-order valence-electron chi connectivity index (χ3n) is 2.77. The van der Waals surface area contributed by atoms with Crippen LogP contribution in [0, 0.1) is 0 Å². The molecule has 0 unspecified atom stereocenters. The molecule has 100 valence electrons. The van der Waals surface area contributed by atoms with Gasteiger partial charge in [-0.2, -0.15) is 0 Å². The van der Waals surface area contributed by atoms with Crippen LogP contribution < -0.4 is 10.1 Å². The average molecular weight is 341 g/mol. The summed E-state index contributed by atoms with van der Waals surface area (Å²) >= 11 is 9.71. The van der Waals surface area contributed by atoms with E-state index in [1.165, 1.54) is 0 Å². The lowest BCUT2D eigenvalue weighted by atomic mass is 10.2. The topological polar surface area (TPSA) is 21.3 Å². The molecule has 4 heteroatoms. The Morgan fingerprint density at radius 3 is 2.68 bits per heavy atom. The van der Waals surface area contributed by atoms with Crippen molar-refractivity contribution < 1.29 is 4.74 Å². The Bertz CT molecular complexity index is 560. The van der Waals surface area contributed by atoms with E-state index in [0.29, 0.717) is 13.2 Å². The van der Waals surface area contributed by atoms with Crippen LogP contribution in [0.5, 0.6) is 5.75 Å².